The molecule has 0 saturated carbocycles. The summed E-state index contributed by atoms with van der Waals surface area (Å²) >= 11 is 0. The van der Waals surface area contributed by atoms with Crippen LogP contribution in [0, 0.1) is 0 Å². The highest BCUT2D eigenvalue weighted by molar-refractivity contribution is 5.72. The van der Waals surface area contributed by atoms with Crippen LogP contribution in [0.15, 0.2) is 35.5 Å². The van der Waals surface area contributed by atoms with Gasteiger partial charge < -0.3 is 0 Å². The molecule has 0 bridgehead atoms. The van der Waals surface area contributed by atoms with Crippen molar-refractivity contribution in [2.45, 2.75) is 46.5 Å². The molecule has 0 atom stereocenters. The fourth-order valence-corrected chi connectivity index (χ4v) is 1.15. The Hall–Kier alpha value is -1.11. The summed E-state index contributed by atoms with van der Waals surface area (Å²) in [5.41, 5.74) is 3.42. The molecule has 0 aromatic heterocycles. The molecular weight excluding hydrogens is 184 g/mol. The first-order chi connectivity index (χ1) is 7.10. The first-order valence-electron chi connectivity index (χ1n) is 5.54. The van der Waals surface area contributed by atoms with E-state index >= 15 is 0 Å². The summed E-state index contributed by atoms with van der Waals surface area (Å²) in [5, 5.41) is 0. The van der Waals surface area contributed by atoms with Crippen molar-refractivity contribution in [2.75, 3.05) is 0 Å². The molecule has 0 aliphatic heterocycles. The van der Waals surface area contributed by atoms with Crippen LogP contribution in [-0.2, 0) is 4.79 Å². The van der Waals surface area contributed by atoms with Gasteiger partial charge in [0.15, 0.2) is 0 Å². The van der Waals surface area contributed by atoms with Crippen molar-refractivity contribution >= 4 is 6.29 Å². The van der Waals surface area contributed by atoms with Gasteiger partial charge in [0.2, 0.25) is 0 Å². The quantitative estimate of drug-likeness (QED) is 0.346. The number of rotatable bonds is 7. The lowest BCUT2D eigenvalue weighted by atomic mass is 10.1. The number of hydrogen-bond acceptors (Lipinski definition) is 1. The summed E-state index contributed by atoms with van der Waals surface area (Å²) < 4.78 is 0. The van der Waals surface area contributed by atoms with Crippen molar-refractivity contribution in [2.24, 2.45) is 0 Å². The van der Waals surface area contributed by atoms with E-state index in [0.717, 1.165) is 25.5 Å². The molecule has 0 N–H and O–H groups in total. The molecule has 1 nitrogen and oxygen atoms in total. The summed E-state index contributed by atoms with van der Waals surface area (Å²) in [7, 11) is 0. The molecule has 0 amide bonds. The molecule has 0 unspecified atom stereocenters. The molecule has 84 valence electrons. The highest BCUT2D eigenvalue weighted by atomic mass is 16.1. The van der Waals surface area contributed by atoms with Crippen molar-refractivity contribution in [3.05, 3.63) is 35.5 Å². The molecule has 0 rings (SSSR count). The normalized spacial score (nSPS) is 12.7. The number of carbonyl (C=O) groups is 1. The molecule has 0 aliphatic carbocycles. The van der Waals surface area contributed by atoms with Crippen molar-refractivity contribution < 1.29 is 4.79 Å². The Kier molecular flexibility index (Phi) is 7.61. The third-order valence-corrected chi connectivity index (χ3v) is 2.47. The van der Waals surface area contributed by atoms with E-state index in [2.05, 4.69) is 39.5 Å². The summed E-state index contributed by atoms with van der Waals surface area (Å²) in [6.07, 6.45) is 9.18. The van der Waals surface area contributed by atoms with E-state index in [9.17, 15) is 4.79 Å². The van der Waals surface area contributed by atoms with Crippen molar-refractivity contribution in [3.63, 3.8) is 0 Å². The van der Waals surface area contributed by atoms with Gasteiger partial charge in [-0.25, -0.2) is 0 Å². The highest BCUT2D eigenvalue weighted by Gasteiger charge is 1.91. The zero-order chi connectivity index (χ0) is 11.7. The van der Waals surface area contributed by atoms with E-state index in [1.54, 1.807) is 0 Å². The molecule has 0 spiro atoms. The van der Waals surface area contributed by atoms with Crippen molar-refractivity contribution in [1.82, 2.24) is 0 Å². The topological polar surface area (TPSA) is 17.1 Å². The van der Waals surface area contributed by atoms with Gasteiger partial charge >= 0.3 is 0 Å². The fraction of sp³-hybridized carbons (Fsp3) is 0.500. The zero-order valence-electron chi connectivity index (χ0n) is 10.2. The second-order valence-corrected chi connectivity index (χ2v) is 3.97. The first-order valence-corrected chi connectivity index (χ1v) is 5.54. The molecule has 1 heteroatoms. The molecular formula is C14H22O. The van der Waals surface area contributed by atoms with Crippen LogP contribution in [-0.4, -0.2) is 6.29 Å². The molecule has 0 aliphatic rings. The second-order valence-electron chi connectivity index (χ2n) is 3.97. The lowest BCUT2D eigenvalue weighted by molar-refractivity contribution is -0.104. The number of carbonyl (C=O) groups excluding carboxylic acids is 1. The Morgan fingerprint density at radius 2 is 1.87 bits per heavy atom. The third-order valence-electron chi connectivity index (χ3n) is 2.47. The lowest BCUT2D eigenvalue weighted by Crippen LogP contribution is -1.82. The van der Waals surface area contributed by atoms with E-state index in [0.29, 0.717) is 12.0 Å². The number of allylic oxidation sites excluding steroid dienone is 5. The average molecular weight is 206 g/mol. The van der Waals surface area contributed by atoms with Crippen LogP contribution in [0.1, 0.15) is 46.5 Å². The Bertz CT molecular complexity index is 269. The van der Waals surface area contributed by atoms with E-state index < -0.39 is 0 Å². The van der Waals surface area contributed by atoms with Crippen molar-refractivity contribution in [1.29, 1.82) is 0 Å². The molecule has 15 heavy (non-hydrogen) atoms. The van der Waals surface area contributed by atoms with Crippen LogP contribution in [0.4, 0.5) is 0 Å². The summed E-state index contributed by atoms with van der Waals surface area (Å²) in [6.45, 7) is 10.1. The zero-order valence-corrected chi connectivity index (χ0v) is 10.2. The van der Waals surface area contributed by atoms with Crippen LogP contribution in [0.3, 0.4) is 0 Å². The van der Waals surface area contributed by atoms with Gasteiger partial charge in [0, 0.05) is 0 Å². The predicted octanol–water partition coefficient (Wildman–Crippen LogP) is 4.21. The van der Waals surface area contributed by atoms with Gasteiger partial charge in [-0.1, -0.05) is 36.8 Å². The molecule has 0 fully saturated rings. The van der Waals surface area contributed by atoms with Gasteiger partial charge in [-0.3, -0.25) is 4.79 Å². The molecule has 0 aromatic carbocycles. The average Bonchev–Trinajstić information content (AvgIpc) is 2.25. The Labute approximate surface area is 93.6 Å². The van der Waals surface area contributed by atoms with E-state index in [1.165, 1.54) is 11.1 Å². The minimum absolute atomic E-state index is 0.648. The summed E-state index contributed by atoms with van der Waals surface area (Å²) in [5.74, 6) is 0. The molecule has 0 radical (unpaired) electrons. The predicted molar refractivity (Wildman–Crippen MR) is 66.9 cm³/mol. The largest absolute Gasteiger partial charge is 0.298 e. The van der Waals surface area contributed by atoms with Crippen LogP contribution >= 0.6 is 0 Å². The molecule has 0 heterocycles. The SMILES string of the molecule is C=C(C=O)C/C=C(\C)CC/C=C(\C)CC. The number of hydrogen-bond donors (Lipinski definition) is 0. The highest BCUT2D eigenvalue weighted by Crippen LogP contribution is 2.10. The van der Waals surface area contributed by atoms with Crippen LogP contribution in [0.5, 0.6) is 0 Å². The fourth-order valence-electron chi connectivity index (χ4n) is 1.15. The summed E-state index contributed by atoms with van der Waals surface area (Å²) in [4.78, 5) is 10.3. The van der Waals surface area contributed by atoms with Gasteiger partial charge in [-0.05, 0) is 45.1 Å². The Morgan fingerprint density at radius 3 is 2.40 bits per heavy atom. The standard InChI is InChI=1S/C14H22O/c1-5-12(2)7-6-8-13(3)9-10-14(4)11-15/h7,9,11H,4-6,8,10H2,1-3H3/b12-7+,13-9+. The molecule has 0 saturated heterocycles. The first kappa shape index (κ1) is 13.9. The Morgan fingerprint density at radius 1 is 1.20 bits per heavy atom. The minimum atomic E-state index is 0.648. The van der Waals surface area contributed by atoms with Crippen LogP contribution < -0.4 is 0 Å². The second kappa shape index (κ2) is 8.22. The number of aldehydes is 1. The van der Waals surface area contributed by atoms with Gasteiger partial charge in [0.1, 0.15) is 6.29 Å². The van der Waals surface area contributed by atoms with E-state index in [1.807, 2.05) is 0 Å². The monoisotopic (exact) mass is 206 g/mol. The Balaban J connectivity index is 3.87. The van der Waals surface area contributed by atoms with Gasteiger partial charge in [0.05, 0.1) is 0 Å². The smallest absolute Gasteiger partial charge is 0.145 e. The van der Waals surface area contributed by atoms with Gasteiger partial charge in [0.25, 0.3) is 0 Å². The minimum Gasteiger partial charge on any atom is -0.298 e. The van der Waals surface area contributed by atoms with E-state index in [4.69, 9.17) is 0 Å². The van der Waals surface area contributed by atoms with E-state index in [-0.39, 0.29) is 0 Å². The van der Waals surface area contributed by atoms with Crippen molar-refractivity contribution in [3.8, 4) is 0 Å². The maximum atomic E-state index is 10.3. The maximum Gasteiger partial charge on any atom is 0.145 e. The van der Waals surface area contributed by atoms with Gasteiger partial charge in [-0.2, -0.15) is 0 Å². The van der Waals surface area contributed by atoms with Crippen LogP contribution in [0.25, 0.3) is 0 Å². The van der Waals surface area contributed by atoms with Crippen LogP contribution in [0.2, 0.25) is 0 Å². The maximum absolute atomic E-state index is 10.3. The summed E-state index contributed by atoms with van der Waals surface area (Å²) in [6, 6.07) is 0. The van der Waals surface area contributed by atoms with Gasteiger partial charge in [-0.15, -0.1) is 0 Å². The molecule has 0 aromatic rings. The third kappa shape index (κ3) is 7.92. The lowest BCUT2D eigenvalue weighted by Gasteiger charge is -1.99.